The molecule has 0 bridgehead atoms. The van der Waals surface area contributed by atoms with Crippen LogP contribution in [0.1, 0.15) is 5.56 Å². The maximum Gasteiger partial charge on any atom is 0.330 e. The van der Waals surface area contributed by atoms with Gasteiger partial charge in [-0.2, -0.15) is 4.98 Å². The molecule has 19 heavy (non-hydrogen) atoms. The Balaban J connectivity index is 2.55. The average Bonchev–Trinajstić information content (AvgIpc) is 2.38. The van der Waals surface area contributed by atoms with Crippen LogP contribution in [0.4, 0.5) is 23.1 Å². The van der Waals surface area contributed by atoms with Crippen molar-refractivity contribution in [2.45, 2.75) is 6.92 Å². The highest BCUT2D eigenvalue weighted by atomic mass is 16.6. The van der Waals surface area contributed by atoms with E-state index in [9.17, 15) is 10.1 Å². The van der Waals surface area contributed by atoms with Crippen molar-refractivity contribution in [2.75, 3.05) is 17.7 Å². The van der Waals surface area contributed by atoms with E-state index in [-0.39, 0.29) is 17.5 Å². The zero-order chi connectivity index (χ0) is 14.0. The van der Waals surface area contributed by atoms with E-state index in [1.54, 1.807) is 11.9 Å². The Labute approximate surface area is 109 Å². The number of hydrogen-bond donors (Lipinski definition) is 1. The molecule has 0 saturated carbocycles. The van der Waals surface area contributed by atoms with Crippen LogP contribution in [0.15, 0.2) is 30.5 Å². The summed E-state index contributed by atoms with van der Waals surface area (Å²) >= 11 is 0. The summed E-state index contributed by atoms with van der Waals surface area (Å²) < 4.78 is 0. The van der Waals surface area contributed by atoms with Gasteiger partial charge in [0.05, 0.1) is 4.92 Å². The molecule has 0 amide bonds. The van der Waals surface area contributed by atoms with Crippen LogP contribution in [0, 0.1) is 17.0 Å². The summed E-state index contributed by atoms with van der Waals surface area (Å²) in [4.78, 5) is 19.7. The SMILES string of the molecule is Cc1ccccc1N(C)c1nc(N)ncc1[N+](=O)[O-]. The van der Waals surface area contributed by atoms with Crippen molar-refractivity contribution in [3.05, 3.63) is 46.1 Å². The van der Waals surface area contributed by atoms with Crippen LogP contribution in [0.25, 0.3) is 0 Å². The Morgan fingerprint density at radius 3 is 2.68 bits per heavy atom. The van der Waals surface area contributed by atoms with Crippen LogP contribution >= 0.6 is 0 Å². The first-order chi connectivity index (χ1) is 9.00. The molecule has 2 rings (SSSR count). The number of nitro groups is 1. The molecule has 0 saturated heterocycles. The minimum atomic E-state index is -0.524. The Hall–Kier alpha value is -2.70. The lowest BCUT2D eigenvalue weighted by Crippen LogP contribution is -2.15. The third-order valence-electron chi connectivity index (χ3n) is 2.76. The molecule has 1 aromatic heterocycles. The second-order valence-corrected chi connectivity index (χ2v) is 4.04. The summed E-state index contributed by atoms with van der Waals surface area (Å²) in [7, 11) is 1.71. The van der Waals surface area contributed by atoms with Crippen LogP contribution < -0.4 is 10.6 Å². The Kier molecular flexibility index (Phi) is 3.28. The highest BCUT2D eigenvalue weighted by Gasteiger charge is 2.21. The molecule has 0 aliphatic heterocycles. The third-order valence-corrected chi connectivity index (χ3v) is 2.76. The molecule has 0 atom stereocenters. The standard InChI is InChI=1S/C12H13N5O2/c1-8-5-3-4-6-9(8)16(2)11-10(17(18)19)7-14-12(13)15-11/h3-7H,1-2H3,(H2,13,14,15). The summed E-state index contributed by atoms with van der Waals surface area (Å²) in [6, 6.07) is 7.53. The maximum absolute atomic E-state index is 11.0. The highest BCUT2D eigenvalue weighted by molar-refractivity contribution is 5.70. The molecule has 7 nitrogen and oxygen atoms in total. The molecule has 0 unspecified atom stereocenters. The average molecular weight is 259 g/mol. The first-order valence-electron chi connectivity index (χ1n) is 5.57. The van der Waals surface area contributed by atoms with Gasteiger partial charge in [-0.3, -0.25) is 10.1 Å². The summed E-state index contributed by atoms with van der Waals surface area (Å²) in [5, 5.41) is 11.0. The molecular weight excluding hydrogens is 246 g/mol. The van der Waals surface area contributed by atoms with Crippen LogP contribution in [0.5, 0.6) is 0 Å². The van der Waals surface area contributed by atoms with Gasteiger partial charge < -0.3 is 10.6 Å². The molecule has 1 aromatic carbocycles. The number of rotatable bonds is 3. The van der Waals surface area contributed by atoms with E-state index in [1.807, 2.05) is 31.2 Å². The largest absolute Gasteiger partial charge is 0.368 e. The van der Waals surface area contributed by atoms with Crippen LogP contribution in [0.2, 0.25) is 0 Å². The number of nitrogens with two attached hydrogens (primary N) is 1. The van der Waals surface area contributed by atoms with Gasteiger partial charge in [0.25, 0.3) is 0 Å². The van der Waals surface area contributed by atoms with Gasteiger partial charge in [0, 0.05) is 12.7 Å². The van der Waals surface area contributed by atoms with Gasteiger partial charge in [0.15, 0.2) is 0 Å². The Morgan fingerprint density at radius 1 is 1.37 bits per heavy atom. The van der Waals surface area contributed by atoms with E-state index >= 15 is 0 Å². The van der Waals surface area contributed by atoms with Crippen LogP contribution in [0.3, 0.4) is 0 Å². The summed E-state index contributed by atoms with van der Waals surface area (Å²) in [6.45, 7) is 1.92. The first-order valence-corrected chi connectivity index (χ1v) is 5.57. The molecular formula is C12H13N5O2. The van der Waals surface area contributed by atoms with Gasteiger partial charge in [0.2, 0.25) is 11.8 Å². The number of nitrogen functional groups attached to an aromatic ring is 1. The minimum absolute atomic E-state index is 0.000958. The van der Waals surface area contributed by atoms with E-state index in [2.05, 4.69) is 9.97 Å². The lowest BCUT2D eigenvalue weighted by molar-refractivity contribution is -0.384. The van der Waals surface area contributed by atoms with Crippen molar-refractivity contribution in [1.29, 1.82) is 0 Å². The maximum atomic E-state index is 11.0. The van der Waals surface area contributed by atoms with Crippen LogP contribution in [-0.2, 0) is 0 Å². The monoisotopic (exact) mass is 259 g/mol. The lowest BCUT2D eigenvalue weighted by Gasteiger charge is -2.20. The Bertz CT molecular complexity index is 629. The van der Waals surface area contributed by atoms with Crippen molar-refractivity contribution in [3.8, 4) is 0 Å². The van der Waals surface area contributed by atoms with Crippen molar-refractivity contribution >= 4 is 23.1 Å². The van der Waals surface area contributed by atoms with Crippen molar-refractivity contribution < 1.29 is 4.92 Å². The van der Waals surface area contributed by atoms with Gasteiger partial charge in [-0.25, -0.2) is 4.98 Å². The van der Waals surface area contributed by atoms with Gasteiger partial charge in [-0.15, -0.1) is 0 Å². The smallest absolute Gasteiger partial charge is 0.330 e. The molecule has 2 N–H and O–H groups in total. The topological polar surface area (TPSA) is 98.2 Å². The predicted molar refractivity (Wildman–Crippen MR) is 72.3 cm³/mol. The number of aryl methyl sites for hydroxylation is 1. The molecule has 98 valence electrons. The highest BCUT2D eigenvalue weighted by Crippen LogP contribution is 2.31. The van der Waals surface area contributed by atoms with E-state index in [4.69, 9.17) is 5.73 Å². The zero-order valence-electron chi connectivity index (χ0n) is 10.6. The number of aromatic nitrogens is 2. The molecule has 0 radical (unpaired) electrons. The predicted octanol–water partition coefficient (Wildman–Crippen LogP) is 2.04. The zero-order valence-corrected chi connectivity index (χ0v) is 10.6. The van der Waals surface area contributed by atoms with E-state index < -0.39 is 4.92 Å². The number of para-hydroxylation sites is 1. The van der Waals surface area contributed by atoms with Gasteiger partial charge >= 0.3 is 5.69 Å². The fraction of sp³-hybridized carbons (Fsp3) is 0.167. The second kappa shape index (κ2) is 4.89. The van der Waals surface area contributed by atoms with Gasteiger partial charge in [0.1, 0.15) is 6.20 Å². The lowest BCUT2D eigenvalue weighted by atomic mass is 10.2. The molecule has 2 aromatic rings. The number of hydrogen-bond acceptors (Lipinski definition) is 6. The second-order valence-electron chi connectivity index (χ2n) is 4.04. The van der Waals surface area contributed by atoms with E-state index in [0.717, 1.165) is 17.4 Å². The fourth-order valence-corrected chi connectivity index (χ4v) is 1.81. The van der Waals surface area contributed by atoms with Crippen LogP contribution in [-0.4, -0.2) is 21.9 Å². The fourth-order valence-electron chi connectivity index (χ4n) is 1.81. The molecule has 0 spiro atoms. The number of nitrogens with zero attached hydrogens (tertiary/aromatic N) is 4. The summed E-state index contributed by atoms with van der Waals surface area (Å²) in [6.07, 6.45) is 1.12. The normalized spacial score (nSPS) is 10.2. The van der Waals surface area contributed by atoms with Crippen molar-refractivity contribution in [2.24, 2.45) is 0 Å². The molecule has 0 fully saturated rings. The summed E-state index contributed by atoms with van der Waals surface area (Å²) in [5.41, 5.74) is 7.14. The molecule has 1 heterocycles. The van der Waals surface area contributed by atoms with Crippen molar-refractivity contribution in [1.82, 2.24) is 9.97 Å². The quantitative estimate of drug-likeness (QED) is 0.669. The number of benzene rings is 1. The van der Waals surface area contributed by atoms with Crippen molar-refractivity contribution in [3.63, 3.8) is 0 Å². The van der Waals surface area contributed by atoms with E-state index in [0.29, 0.717) is 0 Å². The first kappa shape index (κ1) is 12.7. The molecule has 0 aliphatic rings. The Morgan fingerprint density at radius 2 is 2.05 bits per heavy atom. The molecule has 7 heteroatoms. The van der Waals surface area contributed by atoms with Gasteiger partial charge in [-0.05, 0) is 18.6 Å². The summed E-state index contributed by atoms with van der Waals surface area (Å²) in [5.74, 6) is 0.174. The number of anilines is 3. The van der Waals surface area contributed by atoms with Gasteiger partial charge in [-0.1, -0.05) is 18.2 Å². The molecule has 0 aliphatic carbocycles. The van der Waals surface area contributed by atoms with E-state index in [1.165, 1.54) is 0 Å². The third kappa shape index (κ3) is 2.44. The minimum Gasteiger partial charge on any atom is -0.368 e.